The topological polar surface area (TPSA) is 61.8 Å². The van der Waals surface area contributed by atoms with Gasteiger partial charge in [-0.1, -0.05) is 54.6 Å². The zero-order valence-electron chi connectivity index (χ0n) is 15.2. The van der Waals surface area contributed by atoms with Gasteiger partial charge in [0.2, 0.25) is 0 Å². The fourth-order valence-electron chi connectivity index (χ4n) is 4.16. The average Bonchev–Trinajstić information content (AvgIpc) is 3.24. The number of rotatable bonds is 5. The molecule has 2 heterocycles. The lowest BCUT2D eigenvalue weighted by molar-refractivity contribution is -0.140. The Balaban J connectivity index is 1.85. The van der Waals surface area contributed by atoms with E-state index in [1.165, 1.54) is 14.2 Å². The van der Waals surface area contributed by atoms with Crippen molar-refractivity contribution in [3.63, 3.8) is 0 Å². The van der Waals surface area contributed by atoms with Gasteiger partial charge in [0.15, 0.2) is 0 Å². The third kappa shape index (κ3) is 2.58. The number of carbonyl (C=O) groups excluding carboxylic acids is 2. The van der Waals surface area contributed by atoms with Crippen LogP contribution in [0.1, 0.15) is 29.2 Å². The molecule has 0 N–H and O–H groups in total. The Kier molecular flexibility index (Phi) is 4.32. The summed E-state index contributed by atoms with van der Waals surface area (Å²) >= 11 is 0. The molecule has 0 aromatic heterocycles. The van der Waals surface area contributed by atoms with Crippen LogP contribution in [-0.2, 0) is 35.8 Å². The van der Waals surface area contributed by atoms with Gasteiger partial charge in [0.05, 0.1) is 25.4 Å². The van der Waals surface area contributed by atoms with Crippen molar-refractivity contribution in [2.45, 2.75) is 24.5 Å². The number of hydrogen-bond donors (Lipinski definition) is 0. The minimum atomic E-state index is -1.01. The van der Waals surface area contributed by atoms with Gasteiger partial charge in [-0.2, -0.15) is 0 Å². The van der Waals surface area contributed by atoms with Crippen molar-refractivity contribution in [2.24, 2.45) is 0 Å². The summed E-state index contributed by atoms with van der Waals surface area (Å²) in [5.41, 5.74) is 2.45. The molecular formula is C22H20O5. The van der Waals surface area contributed by atoms with Crippen LogP contribution in [0.5, 0.6) is 0 Å². The van der Waals surface area contributed by atoms with Crippen LogP contribution >= 0.6 is 0 Å². The summed E-state index contributed by atoms with van der Waals surface area (Å²) in [6.07, 6.45) is 0.602. The predicted octanol–water partition coefficient (Wildman–Crippen LogP) is 3.24. The number of esters is 2. The maximum absolute atomic E-state index is 12.7. The number of benzene rings is 2. The minimum absolute atomic E-state index is 0.246. The van der Waals surface area contributed by atoms with E-state index in [2.05, 4.69) is 0 Å². The highest BCUT2D eigenvalue weighted by molar-refractivity contribution is 6.05. The van der Waals surface area contributed by atoms with Crippen LogP contribution < -0.4 is 0 Å². The maximum atomic E-state index is 12.7. The first-order valence-electron chi connectivity index (χ1n) is 8.85. The second-order valence-corrected chi connectivity index (χ2v) is 6.67. The van der Waals surface area contributed by atoms with Crippen molar-refractivity contribution in [1.29, 1.82) is 0 Å². The number of hydrogen-bond acceptors (Lipinski definition) is 5. The molecule has 0 saturated carbocycles. The second kappa shape index (κ2) is 6.67. The van der Waals surface area contributed by atoms with Crippen LogP contribution in [0.25, 0.3) is 0 Å². The van der Waals surface area contributed by atoms with Crippen molar-refractivity contribution in [3.8, 4) is 0 Å². The summed E-state index contributed by atoms with van der Waals surface area (Å²) in [7, 11) is 2.62. The smallest absolute Gasteiger partial charge is 0.337 e. The Hall–Kier alpha value is -2.92. The SMILES string of the molecule is COC(=O)C1=C(C(=O)OC)[C@@]2(CCc3ccccc3)O[C@@H]1c1ccccc12. The summed E-state index contributed by atoms with van der Waals surface area (Å²) in [6.45, 7) is 0. The van der Waals surface area contributed by atoms with Crippen molar-refractivity contribution in [1.82, 2.24) is 0 Å². The lowest BCUT2D eigenvalue weighted by atomic mass is 9.74. The normalized spacial score (nSPS) is 22.5. The first-order valence-corrected chi connectivity index (χ1v) is 8.85. The van der Waals surface area contributed by atoms with Gasteiger partial charge in [0.1, 0.15) is 11.7 Å². The summed E-state index contributed by atoms with van der Waals surface area (Å²) in [6, 6.07) is 17.7. The highest BCUT2D eigenvalue weighted by atomic mass is 16.6. The third-order valence-electron chi connectivity index (χ3n) is 5.34. The second-order valence-electron chi connectivity index (χ2n) is 6.67. The van der Waals surface area contributed by atoms with Gasteiger partial charge < -0.3 is 14.2 Å². The first kappa shape index (κ1) is 17.5. The van der Waals surface area contributed by atoms with E-state index >= 15 is 0 Å². The van der Waals surface area contributed by atoms with Gasteiger partial charge in [-0.25, -0.2) is 9.59 Å². The number of fused-ring (bicyclic) bond motifs is 5. The molecule has 27 heavy (non-hydrogen) atoms. The van der Waals surface area contributed by atoms with Gasteiger partial charge in [0, 0.05) is 0 Å². The molecule has 0 saturated heterocycles. The summed E-state index contributed by atoms with van der Waals surface area (Å²) in [5.74, 6) is -1.11. The van der Waals surface area contributed by atoms with E-state index in [0.29, 0.717) is 12.8 Å². The molecule has 2 aromatic rings. The molecule has 138 valence electrons. The van der Waals surface area contributed by atoms with Crippen LogP contribution in [0, 0.1) is 0 Å². The molecule has 2 bridgehead atoms. The highest BCUT2D eigenvalue weighted by Gasteiger charge is 2.60. The molecule has 2 aliphatic heterocycles. The molecule has 0 amide bonds. The molecular weight excluding hydrogens is 344 g/mol. The maximum Gasteiger partial charge on any atom is 0.337 e. The van der Waals surface area contributed by atoms with E-state index in [-0.39, 0.29) is 11.1 Å². The zero-order chi connectivity index (χ0) is 19.0. The van der Waals surface area contributed by atoms with E-state index in [1.54, 1.807) is 0 Å². The summed E-state index contributed by atoms with van der Waals surface area (Å²) < 4.78 is 16.3. The number of methoxy groups -OCH3 is 2. The van der Waals surface area contributed by atoms with Gasteiger partial charge in [-0.15, -0.1) is 0 Å². The number of carbonyl (C=O) groups is 2. The Bertz CT molecular complexity index is 931. The Morgan fingerprint density at radius 1 is 0.963 bits per heavy atom. The molecule has 2 aromatic carbocycles. The van der Waals surface area contributed by atoms with Gasteiger partial charge >= 0.3 is 11.9 Å². The summed E-state index contributed by atoms with van der Waals surface area (Å²) in [5, 5.41) is 0. The molecule has 0 spiro atoms. The van der Waals surface area contributed by atoms with E-state index < -0.39 is 23.6 Å². The van der Waals surface area contributed by atoms with Crippen LogP contribution in [0.2, 0.25) is 0 Å². The van der Waals surface area contributed by atoms with Crippen LogP contribution in [0.4, 0.5) is 0 Å². The Morgan fingerprint density at radius 3 is 2.33 bits per heavy atom. The van der Waals surface area contributed by atoms with Crippen molar-refractivity contribution in [3.05, 3.63) is 82.4 Å². The van der Waals surface area contributed by atoms with Gasteiger partial charge in [0.25, 0.3) is 0 Å². The van der Waals surface area contributed by atoms with E-state index in [0.717, 1.165) is 16.7 Å². The average molecular weight is 364 g/mol. The lowest BCUT2D eigenvalue weighted by Gasteiger charge is -2.29. The molecule has 0 fully saturated rings. The first-order chi connectivity index (χ1) is 13.1. The predicted molar refractivity (Wildman–Crippen MR) is 97.8 cm³/mol. The van der Waals surface area contributed by atoms with Crippen LogP contribution in [0.15, 0.2) is 65.7 Å². The van der Waals surface area contributed by atoms with Crippen molar-refractivity contribution >= 4 is 11.9 Å². The van der Waals surface area contributed by atoms with Gasteiger partial charge in [-0.05, 0) is 29.5 Å². The molecule has 5 heteroatoms. The monoisotopic (exact) mass is 364 g/mol. The Labute approximate surface area is 157 Å². The molecule has 4 rings (SSSR count). The Morgan fingerprint density at radius 2 is 1.63 bits per heavy atom. The summed E-state index contributed by atoms with van der Waals surface area (Å²) in [4.78, 5) is 25.2. The van der Waals surface area contributed by atoms with E-state index in [4.69, 9.17) is 14.2 Å². The van der Waals surface area contributed by atoms with Crippen molar-refractivity contribution < 1.29 is 23.8 Å². The zero-order valence-corrected chi connectivity index (χ0v) is 15.2. The molecule has 0 radical (unpaired) electrons. The molecule has 0 unspecified atom stereocenters. The highest BCUT2D eigenvalue weighted by Crippen LogP contribution is 2.60. The minimum Gasteiger partial charge on any atom is -0.466 e. The standard InChI is InChI=1S/C22H20O5/c1-25-20(23)17-18(21(24)26-2)22(13-12-14-8-4-3-5-9-14)16-11-7-6-10-15(16)19(17)27-22/h3-11,19H,12-13H2,1-2H3/t19-,22+/m1/s1. The third-order valence-corrected chi connectivity index (χ3v) is 5.34. The number of aryl methyl sites for hydroxylation is 1. The number of ether oxygens (including phenoxy) is 3. The molecule has 5 nitrogen and oxygen atoms in total. The molecule has 0 aliphatic carbocycles. The van der Waals surface area contributed by atoms with Gasteiger partial charge in [-0.3, -0.25) is 0 Å². The molecule has 2 atom stereocenters. The van der Waals surface area contributed by atoms with Crippen molar-refractivity contribution in [2.75, 3.05) is 14.2 Å². The quantitative estimate of drug-likeness (QED) is 0.762. The largest absolute Gasteiger partial charge is 0.466 e. The van der Waals surface area contributed by atoms with Crippen LogP contribution in [0.3, 0.4) is 0 Å². The molecule has 2 aliphatic rings. The van der Waals surface area contributed by atoms with Crippen LogP contribution in [-0.4, -0.2) is 26.2 Å². The fourth-order valence-corrected chi connectivity index (χ4v) is 4.16. The fraction of sp³-hybridized carbons (Fsp3) is 0.273. The van der Waals surface area contributed by atoms with E-state index in [1.807, 2.05) is 54.6 Å². The lowest BCUT2D eigenvalue weighted by Crippen LogP contribution is -2.33. The van der Waals surface area contributed by atoms with E-state index in [9.17, 15) is 9.59 Å².